The summed E-state index contributed by atoms with van der Waals surface area (Å²) in [4.78, 5) is 11.8. The van der Waals surface area contributed by atoms with Crippen LogP contribution in [-0.4, -0.2) is 15.9 Å². The van der Waals surface area contributed by atoms with Crippen molar-refractivity contribution in [3.05, 3.63) is 28.7 Å². The Balaban J connectivity index is 2.78. The Labute approximate surface area is 142 Å². The molecule has 1 atom stereocenters. The maximum Gasteiger partial charge on any atom is 0.228 e. The quantitative estimate of drug-likeness (QED) is 0.553. The van der Waals surface area contributed by atoms with Crippen molar-refractivity contribution in [3.8, 4) is 0 Å². The van der Waals surface area contributed by atoms with Crippen molar-refractivity contribution in [2.45, 2.75) is 30.2 Å². The Morgan fingerprint density at radius 3 is 2.50 bits per heavy atom. The highest BCUT2D eigenvalue weighted by molar-refractivity contribution is 9.10. The summed E-state index contributed by atoms with van der Waals surface area (Å²) in [6, 6.07) is 7.38. The molecule has 1 aromatic rings. The molecule has 1 amide bonds. The van der Waals surface area contributed by atoms with Crippen LogP contribution >= 0.6 is 50.7 Å². The first kappa shape index (κ1) is 17.9. The third-order valence-corrected chi connectivity index (χ3v) is 3.51. The lowest BCUT2D eigenvalue weighted by molar-refractivity contribution is -0.122. The first-order valence-electron chi connectivity index (χ1n) is 6.06. The van der Waals surface area contributed by atoms with E-state index in [-0.39, 0.29) is 11.8 Å². The lowest BCUT2D eigenvalue weighted by atomic mass is 10.1. The largest absolute Gasteiger partial charge is 0.362 e. The fraction of sp³-hybridized carbons (Fsp3) is 0.462. The third kappa shape index (κ3) is 6.53. The second kappa shape index (κ2) is 7.74. The maximum atomic E-state index is 11.8. The van der Waals surface area contributed by atoms with Crippen molar-refractivity contribution in [1.82, 2.24) is 5.32 Å². The minimum absolute atomic E-state index is 0.168. The molecule has 2 N–H and O–H groups in total. The number of rotatable bonds is 5. The van der Waals surface area contributed by atoms with E-state index in [2.05, 4.69) is 26.6 Å². The van der Waals surface area contributed by atoms with E-state index in [0.717, 1.165) is 10.2 Å². The van der Waals surface area contributed by atoms with Crippen LogP contribution in [0.3, 0.4) is 0 Å². The highest BCUT2D eigenvalue weighted by Gasteiger charge is 2.34. The number of carbonyl (C=O) groups is 1. The Morgan fingerprint density at radius 2 is 2.00 bits per heavy atom. The summed E-state index contributed by atoms with van der Waals surface area (Å²) in [7, 11) is 0. The smallest absolute Gasteiger partial charge is 0.228 e. The standard InChI is InChI=1S/C13H16BrCl3N2O/c1-8(2)6-11(20)19-12(13(15,16)17)18-10-5-3-4-9(14)7-10/h3-5,7-8,12,18H,6H2,1-2H3,(H,19,20). The van der Waals surface area contributed by atoms with Gasteiger partial charge in [0, 0.05) is 16.6 Å². The van der Waals surface area contributed by atoms with Gasteiger partial charge in [-0.05, 0) is 24.1 Å². The van der Waals surface area contributed by atoms with Crippen molar-refractivity contribution in [3.63, 3.8) is 0 Å². The SMILES string of the molecule is CC(C)CC(=O)NC(Nc1cccc(Br)c1)C(Cl)(Cl)Cl. The van der Waals surface area contributed by atoms with Gasteiger partial charge in [0.1, 0.15) is 6.17 Å². The average molecular weight is 403 g/mol. The van der Waals surface area contributed by atoms with Crippen LogP contribution < -0.4 is 10.6 Å². The van der Waals surface area contributed by atoms with Gasteiger partial charge >= 0.3 is 0 Å². The van der Waals surface area contributed by atoms with Crippen molar-refractivity contribution in [2.75, 3.05) is 5.32 Å². The van der Waals surface area contributed by atoms with Crippen LogP contribution in [0, 0.1) is 5.92 Å². The summed E-state index contributed by atoms with van der Waals surface area (Å²) in [5.41, 5.74) is 0.737. The molecule has 0 aliphatic heterocycles. The van der Waals surface area contributed by atoms with E-state index in [1.165, 1.54) is 0 Å². The molecule has 0 saturated carbocycles. The third-order valence-electron chi connectivity index (χ3n) is 2.36. The van der Waals surface area contributed by atoms with Crippen LogP contribution in [-0.2, 0) is 4.79 Å². The fourth-order valence-electron chi connectivity index (χ4n) is 1.54. The molecule has 112 valence electrons. The van der Waals surface area contributed by atoms with Gasteiger partial charge in [0.2, 0.25) is 9.70 Å². The number of hydrogen-bond donors (Lipinski definition) is 2. The molecular weight excluding hydrogens is 386 g/mol. The summed E-state index contributed by atoms with van der Waals surface area (Å²) in [6.45, 7) is 3.90. The monoisotopic (exact) mass is 400 g/mol. The number of halogens is 4. The molecule has 0 saturated heterocycles. The van der Waals surface area contributed by atoms with Gasteiger partial charge in [0.05, 0.1) is 0 Å². The van der Waals surface area contributed by atoms with Crippen molar-refractivity contribution >= 4 is 62.3 Å². The number of carbonyl (C=O) groups excluding carboxylic acids is 1. The van der Waals surface area contributed by atoms with E-state index >= 15 is 0 Å². The molecule has 1 unspecified atom stereocenters. The first-order valence-corrected chi connectivity index (χ1v) is 7.99. The van der Waals surface area contributed by atoms with Crippen LogP contribution in [0.2, 0.25) is 0 Å². The molecule has 7 heteroatoms. The molecule has 0 aliphatic carbocycles. The molecule has 1 aromatic carbocycles. The van der Waals surface area contributed by atoms with Gasteiger partial charge in [0.25, 0.3) is 0 Å². The molecule has 20 heavy (non-hydrogen) atoms. The summed E-state index contributed by atoms with van der Waals surface area (Å²) in [5, 5.41) is 5.70. The highest BCUT2D eigenvalue weighted by Crippen LogP contribution is 2.31. The number of hydrogen-bond acceptors (Lipinski definition) is 2. The van der Waals surface area contributed by atoms with E-state index in [4.69, 9.17) is 34.8 Å². The van der Waals surface area contributed by atoms with Crippen molar-refractivity contribution in [2.24, 2.45) is 5.92 Å². The lowest BCUT2D eigenvalue weighted by Gasteiger charge is -2.27. The average Bonchev–Trinajstić information content (AvgIpc) is 2.25. The molecule has 0 aliphatic rings. The zero-order valence-corrected chi connectivity index (χ0v) is 14.9. The minimum Gasteiger partial charge on any atom is -0.362 e. The molecule has 1 rings (SSSR count). The zero-order valence-electron chi connectivity index (χ0n) is 11.1. The second-order valence-electron chi connectivity index (χ2n) is 4.79. The number of anilines is 1. The van der Waals surface area contributed by atoms with Gasteiger partial charge in [-0.2, -0.15) is 0 Å². The summed E-state index contributed by atoms with van der Waals surface area (Å²) in [5.74, 6) is 0.0655. The zero-order chi connectivity index (χ0) is 15.3. The van der Waals surface area contributed by atoms with Crippen LogP contribution in [0.4, 0.5) is 5.69 Å². The van der Waals surface area contributed by atoms with Crippen molar-refractivity contribution < 1.29 is 4.79 Å². The van der Waals surface area contributed by atoms with Crippen LogP contribution in [0.25, 0.3) is 0 Å². The summed E-state index contributed by atoms with van der Waals surface area (Å²) in [6.07, 6.45) is -0.440. The Kier molecular flexibility index (Phi) is 6.92. The molecule has 0 fully saturated rings. The lowest BCUT2D eigenvalue weighted by Crippen LogP contribution is -2.49. The van der Waals surface area contributed by atoms with Crippen LogP contribution in [0.15, 0.2) is 28.7 Å². The van der Waals surface area contributed by atoms with Gasteiger partial charge in [-0.1, -0.05) is 70.6 Å². The second-order valence-corrected chi connectivity index (χ2v) is 8.08. The fourth-order valence-corrected chi connectivity index (χ4v) is 2.26. The van der Waals surface area contributed by atoms with E-state index in [1.807, 2.05) is 38.1 Å². The topological polar surface area (TPSA) is 41.1 Å². The van der Waals surface area contributed by atoms with E-state index in [1.54, 1.807) is 0 Å². The van der Waals surface area contributed by atoms with Crippen molar-refractivity contribution in [1.29, 1.82) is 0 Å². The molecule has 0 bridgehead atoms. The molecule has 3 nitrogen and oxygen atoms in total. The van der Waals surface area contributed by atoms with Gasteiger partial charge in [0.15, 0.2) is 0 Å². The van der Waals surface area contributed by atoms with Gasteiger partial charge in [-0.15, -0.1) is 0 Å². The van der Waals surface area contributed by atoms with Crippen LogP contribution in [0.5, 0.6) is 0 Å². The molecule has 0 spiro atoms. The number of amides is 1. The minimum atomic E-state index is -1.66. The van der Waals surface area contributed by atoms with Crippen LogP contribution in [0.1, 0.15) is 20.3 Å². The Hall–Kier alpha value is -0.160. The molecule has 0 heterocycles. The van der Waals surface area contributed by atoms with E-state index in [0.29, 0.717) is 6.42 Å². The highest BCUT2D eigenvalue weighted by atomic mass is 79.9. The summed E-state index contributed by atoms with van der Waals surface area (Å²) < 4.78 is -0.770. The van der Waals surface area contributed by atoms with Gasteiger partial charge < -0.3 is 10.6 Å². The van der Waals surface area contributed by atoms with E-state index < -0.39 is 9.96 Å². The molecule has 0 radical (unpaired) electrons. The first-order chi connectivity index (χ1) is 9.18. The predicted molar refractivity (Wildman–Crippen MR) is 89.4 cm³/mol. The maximum absolute atomic E-state index is 11.8. The summed E-state index contributed by atoms with van der Waals surface area (Å²) >= 11 is 21.1. The number of alkyl halides is 3. The predicted octanol–water partition coefficient (Wildman–Crippen LogP) is 4.72. The molecular formula is C13H16BrCl3N2O. The number of benzene rings is 1. The normalized spacial score (nSPS) is 13.2. The van der Waals surface area contributed by atoms with Gasteiger partial charge in [-0.25, -0.2) is 0 Å². The molecule has 0 aromatic heterocycles. The number of nitrogens with one attached hydrogen (secondary N) is 2. The Morgan fingerprint density at radius 1 is 1.35 bits per heavy atom. The van der Waals surface area contributed by atoms with E-state index in [9.17, 15) is 4.79 Å². The van der Waals surface area contributed by atoms with Gasteiger partial charge in [-0.3, -0.25) is 4.79 Å². The Bertz CT molecular complexity index is 463.